The van der Waals surface area contributed by atoms with Crippen LogP contribution in [0.5, 0.6) is 0 Å². The number of halogens is 1. The van der Waals surface area contributed by atoms with E-state index < -0.39 is 21.8 Å². The summed E-state index contributed by atoms with van der Waals surface area (Å²) in [5.41, 5.74) is 2.78. The lowest BCUT2D eigenvalue weighted by molar-refractivity contribution is 0.0696. The van der Waals surface area contributed by atoms with Crippen LogP contribution in [0.3, 0.4) is 0 Å². The van der Waals surface area contributed by atoms with Crippen molar-refractivity contribution in [1.82, 2.24) is 0 Å². The minimum absolute atomic E-state index is 0.0304. The van der Waals surface area contributed by atoms with Crippen LogP contribution in [0, 0.1) is 5.82 Å². The van der Waals surface area contributed by atoms with E-state index in [0.29, 0.717) is 12.1 Å². The van der Waals surface area contributed by atoms with Crippen LogP contribution in [0.1, 0.15) is 47.8 Å². The normalized spacial score (nSPS) is 17.2. The molecule has 8 heteroatoms. The summed E-state index contributed by atoms with van der Waals surface area (Å²) < 4.78 is 41.6. The zero-order chi connectivity index (χ0) is 23.1. The molecule has 3 aromatic rings. The van der Waals surface area contributed by atoms with Crippen LogP contribution in [-0.2, 0) is 15.4 Å². The van der Waals surface area contributed by atoms with Crippen molar-refractivity contribution in [2.24, 2.45) is 0 Å². The average Bonchev–Trinajstić information content (AvgIpc) is 2.73. The van der Waals surface area contributed by atoms with Crippen LogP contribution in [0.25, 0.3) is 0 Å². The maximum Gasteiger partial charge on any atom is 0.335 e. The number of para-hydroxylation sites is 1. The molecule has 0 amide bonds. The van der Waals surface area contributed by atoms with E-state index in [1.807, 2.05) is 26.0 Å². The molecule has 1 aliphatic rings. The van der Waals surface area contributed by atoms with Crippen molar-refractivity contribution < 1.29 is 22.7 Å². The van der Waals surface area contributed by atoms with Gasteiger partial charge in [0.05, 0.1) is 22.2 Å². The number of hydrogen-bond donors (Lipinski definition) is 3. The van der Waals surface area contributed by atoms with Gasteiger partial charge in [0, 0.05) is 5.69 Å². The molecule has 1 atom stereocenters. The number of carboxylic acids is 1. The van der Waals surface area contributed by atoms with Gasteiger partial charge in [-0.15, -0.1) is 0 Å². The molecule has 0 fully saturated rings. The minimum atomic E-state index is -3.91. The van der Waals surface area contributed by atoms with Crippen LogP contribution in [0.4, 0.5) is 15.8 Å². The Kier molecular flexibility index (Phi) is 5.42. The molecule has 32 heavy (non-hydrogen) atoms. The molecule has 3 N–H and O–H groups in total. The zero-order valence-corrected chi connectivity index (χ0v) is 18.4. The Morgan fingerprint density at radius 3 is 2.47 bits per heavy atom. The molecular weight excluding hydrogens is 431 g/mol. The number of nitrogens with one attached hydrogen (secondary N) is 2. The van der Waals surface area contributed by atoms with Crippen LogP contribution in [0.15, 0.2) is 71.6 Å². The molecule has 3 aromatic carbocycles. The van der Waals surface area contributed by atoms with Crippen LogP contribution < -0.4 is 10.0 Å². The van der Waals surface area contributed by atoms with Gasteiger partial charge in [0.25, 0.3) is 10.0 Å². The molecule has 0 aliphatic carbocycles. The second-order valence-electron chi connectivity index (χ2n) is 8.50. The van der Waals surface area contributed by atoms with Gasteiger partial charge in [-0.3, -0.25) is 4.72 Å². The first-order chi connectivity index (χ1) is 15.1. The summed E-state index contributed by atoms with van der Waals surface area (Å²) in [5, 5.41) is 12.8. The van der Waals surface area contributed by atoms with E-state index >= 15 is 0 Å². The van der Waals surface area contributed by atoms with Crippen molar-refractivity contribution >= 4 is 27.4 Å². The summed E-state index contributed by atoms with van der Waals surface area (Å²) in [6.07, 6.45) is 0.623. The molecule has 0 radical (unpaired) electrons. The van der Waals surface area contributed by atoms with E-state index in [4.69, 9.17) is 0 Å². The Labute approximate surface area is 186 Å². The third kappa shape index (κ3) is 4.18. The summed E-state index contributed by atoms with van der Waals surface area (Å²) in [6, 6.07) is 16.5. The molecule has 0 saturated carbocycles. The van der Waals surface area contributed by atoms with Gasteiger partial charge in [-0.05, 0) is 71.5 Å². The van der Waals surface area contributed by atoms with Gasteiger partial charge < -0.3 is 10.4 Å². The quantitative estimate of drug-likeness (QED) is 0.495. The lowest BCUT2D eigenvalue weighted by Crippen LogP contribution is -2.32. The molecule has 0 spiro atoms. The predicted molar refractivity (Wildman–Crippen MR) is 121 cm³/mol. The lowest BCUT2D eigenvalue weighted by Gasteiger charge is -2.39. The number of rotatable bonds is 5. The maximum atomic E-state index is 13.2. The highest BCUT2D eigenvalue weighted by Crippen LogP contribution is 2.45. The Balaban J connectivity index is 1.69. The molecule has 0 saturated heterocycles. The predicted octanol–water partition coefficient (Wildman–Crippen LogP) is 5.16. The number of aromatic carboxylic acids is 1. The topological polar surface area (TPSA) is 95.5 Å². The van der Waals surface area contributed by atoms with Crippen molar-refractivity contribution in [3.05, 3.63) is 89.2 Å². The number of sulfonamides is 1. The Hall–Kier alpha value is -3.39. The minimum Gasteiger partial charge on any atom is -0.478 e. The molecule has 4 rings (SSSR count). The van der Waals surface area contributed by atoms with Crippen molar-refractivity contribution in [3.8, 4) is 0 Å². The molecule has 1 aliphatic heterocycles. The number of hydrogen-bond acceptors (Lipinski definition) is 4. The third-order valence-corrected chi connectivity index (χ3v) is 7.13. The molecule has 1 heterocycles. The highest BCUT2D eigenvalue weighted by Gasteiger charge is 2.35. The average molecular weight is 455 g/mol. The van der Waals surface area contributed by atoms with Gasteiger partial charge in [-0.1, -0.05) is 32.0 Å². The van der Waals surface area contributed by atoms with Crippen molar-refractivity contribution in [1.29, 1.82) is 0 Å². The number of carbonyl (C=O) groups is 1. The van der Waals surface area contributed by atoms with Gasteiger partial charge in [-0.25, -0.2) is 17.6 Å². The monoisotopic (exact) mass is 454 g/mol. The van der Waals surface area contributed by atoms with Crippen molar-refractivity contribution in [3.63, 3.8) is 0 Å². The van der Waals surface area contributed by atoms with Crippen molar-refractivity contribution in [2.75, 3.05) is 10.0 Å². The molecule has 0 aromatic heterocycles. The summed E-state index contributed by atoms with van der Waals surface area (Å²) >= 11 is 0. The highest BCUT2D eigenvalue weighted by atomic mass is 32.2. The lowest BCUT2D eigenvalue weighted by atomic mass is 9.73. The van der Waals surface area contributed by atoms with E-state index in [9.17, 15) is 22.7 Å². The fourth-order valence-electron chi connectivity index (χ4n) is 4.12. The van der Waals surface area contributed by atoms with Gasteiger partial charge in [0.1, 0.15) is 5.82 Å². The van der Waals surface area contributed by atoms with Crippen LogP contribution in [0.2, 0.25) is 0 Å². The largest absolute Gasteiger partial charge is 0.478 e. The molecule has 166 valence electrons. The SMILES string of the molecule is CC1(C)CC(c2ccccc2NS(=O)(=O)c2ccc(F)cc2)Nc2ccc(C(=O)O)cc21. The second kappa shape index (κ2) is 7.94. The Morgan fingerprint density at radius 2 is 1.78 bits per heavy atom. The van der Waals surface area contributed by atoms with E-state index in [0.717, 1.165) is 28.9 Å². The second-order valence-corrected chi connectivity index (χ2v) is 10.2. The molecular formula is C24H23FN2O4S. The first kappa shape index (κ1) is 21.8. The molecule has 0 bridgehead atoms. The summed E-state index contributed by atoms with van der Waals surface area (Å²) in [7, 11) is -3.91. The molecule has 1 unspecified atom stereocenters. The smallest absolute Gasteiger partial charge is 0.335 e. The number of anilines is 2. The molecule has 6 nitrogen and oxygen atoms in total. The standard InChI is InChI=1S/C24H23FN2O4S/c1-24(2)14-22(26-21-12-7-15(23(28)29)13-19(21)24)18-5-3-4-6-20(18)27-32(30,31)17-10-8-16(25)9-11-17/h3-13,22,26-27H,14H2,1-2H3,(H,28,29). The number of carboxylic acid groups (broad SMARTS) is 1. The van der Waals surface area contributed by atoms with Gasteiger partial charge in [0.2, 0.25) is 0 Å². The number of fused-ring (bicyclic) bond motifs is 1. The van der Waals surface area contributed by atoms with E-state index in [2.05, 4.69) is 10.0 Å². The van der Waals surface area contributed by atoms with E-state index in [1.165, 1.54) is 12.1 Å². The first-order valence-electron chi connectivity index (χ1n) is 10.1. The fraction of sp³-hybridized carbons (Fsp3) is 0.208. The van der Waals surface area contributed by atoms with E-state index in [1.54, 1.807) is 30.3 Å². The van der Waals surface area contributed by atoms with Crippen molar-refractivity contribution in [2.45, 2.75) is 36.6 Å². The maximum absolute atomic E-state index is 13.2. The van der Waals surface area contributed by atoms with E-state index in [-0.39, 0.29) is 21.9 Å². The van der Waals surface area contributed by atoms with Gasteiger partial charge in [0.15, 0.2) is 0 Å². The first-order valence-corrected chi connectivity index (χ1v) is 11.6. The highest BCUT2D eigenvalue weighted by molar-refractivity contribution is 7.92. The number of benzene rings is 3. The van der Waals surface area contributed by atoms with Gasteiger partial charge >= 0.3 is 5.97 Å². The summed E-state index contributed by atoms with van der Waals surface area (Å²) in [5.74, 6) is -1.49. The summed E-state index contributed by atoms with van der Waals surface area (Å²) in [6.45, 7) is 4.08. The van der Waals surface area contributed by atoms with Gasteiger partial charge in [-0.2, -0.15) is 0 Å². The third-order valence-electron chi connectivity index (χ3n) is 5.74. The summed E-state index contributed by atoms with van der Waals surface area (Å²) in [4.78, 5) is 11.4. The Bertz CT molecular complexity index is 1290. The van der Waals surface area contributed by atoms with Crippen LogP contribution >= 0.6 is 0 Å². The van der Waals surface area contributed by atoms with Crippen LogP contribution in [-0.4, -0.2) is 19.5 Å². The fourth-order valence-corrected chi connectivity index (χ4v) is 5.21. The Morgan fingerprint density at radius 1 is 1.09 bits per heavy atom. The zero-order valence-electron chi connectivity index (χ0n) is 17.6.